The molecule has 0 bridgehead atoms. The van der Waals surface area contributed by atoms with Crippen molar-refractivity contribution in [3.8, 4) is 17.2 Å². The molecule has 198 valence electrons. The quantitative estimate of drug-likeness (QED) is 0.465. The summed E-state index contributed by atoms with van der Waals surface area (Å²) in [5.41, 5.74) is 3.44. The highest BCUT2D eigenvalue weighted by atomic mass is 16.7. The summed E-state index contributed by atoms with van der Waals surface area (Å²) in [5.74, 6) is 1.56. The number of hydrogen-bond acceptors (Lipinski definition) is 7. The lowest BCUT2D eigenvalue weighted by molar-refractivity contribution is 0.0952. The van der Waals surface area contributed by atoms with Crippen LogP contribution >= 0.6 is 0 Å². The number of benzene rings is 3. The minimum atomic E-state index is -0.290. The molecular weight excluding hydrogens is 484 g/mol. The molecule has 3 aromatic rings. The second-order valence-electron chi connectivity index (χ2n) is 9.16. The van der Waals surface area contributed by atoms with Gasteiger partial charge in [0.1, 0.15) is 5.75 Å². The van der Waals surface area contributed by atoms with Gasteiger partial charge in [0.05, 0.1) is 18.4 Å². The van der Waals surface area contributed by atoms with E-state index >= 15 is 0 Å². The Labute approximate surface area is 222 Å². The fourth-order valence-electron chi connectivity index (χ4n) is 4.73. The molecule has 38 heavy (non-hydrogen) atoms. The van der Waals surface area contributed by atoms with Crippen molar-refractivity contribution in [3.63, 3.8) is 0 Å². The van der Waals surface area contributed by atoms with Crippen molar-refractivity contribution in [3.05, 3.63) is 71.8 Å². The fraction of sp³-hybridized carbons (Fsp3) is 0.310. The van der Waals surface area contributed by atoms with E-state index in [1.54, 1.807) is 31.4 Å². The van der Waals surface area contributed by atoms with Gasteiger partial charge in [-0.15, -0.1) is 0 Å². The Morgan fingerprint density at radius 1 is 0.868 bits per heavy atom. The van der Waals surface area contributed by atoms with E-state index in [0.29, 0.717) is 34.9 Å². The Morgan fingerprint density at radius 3 is 2.37 bits per heavy atom. The third-order valence-corrected chi connectivity index (χ3v) is 6.72. The Morgan fingerprint density at radius 2 is 1.61 bits per heavy atom. The van der Waals surface area contributed by atoms with Gasteiger partial charge >= 0.3 is 0 Å². The van der Waals surface area contributed by atoms with Gasteiger partial charge in [-0.05, 0) is 55.0 Å². The van der Waals surface area contributed by atoms with Crippen LogP contribution in [-0.2, 0) is 0 Å². The van der Waals surface area contributed by atoms with Gasteiger partial charge in [0, 0.05) is 49.7 Å². The molecule has 0 spiro atoms. The van der Waals surface area contributed by atoms with Crippen molar-refractivity contribution in [2.24, 2.45) is 0 Å². The number of ether oxygens (including phenoxy) is 3. The van der Waals surface area contributed by atoms with Crippen molar-refractivity contribution in [2.45, 2.75) is 13.3 Å². The maximum atomic E-state index is 13.2. The zero-order chi connectivity index (χ0) is 26.5. The van der Waals surface area contributed by atoms with Crippen molar-refractivity contribution in [1.82, 2.24) is 5.32 Å². The van der Waals surface area contributed by atoms with Gasteiger partial charge in [-0.1, -0.05) is 19.1 Å². The van der Waals surface area contributed by atoms with Crippen LogP contribution in [0.3, 0.4) is 0 Å². The molecule has 5 rings (SSSR count). The number of rotatable bonds is 8. The van der Waals surface area contributed by atoms with Crippen molar-refractivity contribution in [2.75, 3.05) is 61.7 Å². The molecule has 2 aliphatic heterocycles. The molecule has 1 saturated heterocycles. The smallest absolute Gasteiger partial charge is 0.255 e. The van der Waals surface area contributed by atoms with Crippen LogP contribution in [0.4, 0.5) is 17.1 Å². The lowest BCUT2D eigenvalue weighted by Crippen LogP contribution is -2.47. The number of piperazine rings is 1. The topological polar surface area (TPSA) is 92.4 Å². The number of fused-ring (bicyclic) bond motifs is 1. The lowest BCUT2D eigenvalue weighted by Gasteiger charge is -2.38. The molecule has 9 heteroatoms. The van der Waals surface area contributed by atoms with Crippen molar-refractivity contribution in [1.29, 1.82) is 0 Å². The van der Waals surface area contributed by atoms with E-state index < -0.39 is 0 Å². The molecule has 0 atom stereocenters. The first-order chi connectivity index (χ1) is 18.6. The Kier molecular flexibility index (Phi) is 7.53. The first kappa shape index (κ1) is 25.3. The normalized spacial score (nSPS) is 14.3. The molecule has 0 aromatic heterocycles. The number of amides is 2. The van der Waals surface area contributed by atoms with Gasteiger partial charge in [0.25, 0.3) is 11.8 Å². The maximum Gasteiger partial charge on any atom is 0.255 e. The minimum absolute atomic E-state index is 0.144. The molecule has 0 saturated carbocycles. The van der Waals surface area contributed by atoms with Crippen LogP contribution in [0.2, 0.25) is 0 Å². The largest absolute Gasteiger partial charge is 0.495 e. The Hall–Kier alpha value is -4.40. The summed E-state index contributed by atoms with van der Waals surface area (Å²) in [7, 11) is 1.68. The monoisotopic (exact) mass is 516 g/mol. The van der Waals surface area contributed by atoms with E-state index in [1.807, 2.05) is 37.3 Å². The van der Waals surface area contributed by atoms with Crippen molar-refractivity contribution < 1.29 is 23.8 Å². The second kappa shape index (κ2) is 11.3. The first-order valence-corrected chi connectivity index (χ1v) is 12.8. The van der Waals surface area contributed by atoms with E-state index in [9.17, 15) is 9.59 Å². The van der Waals surface area contributed by atoms with E-state index in [2.05, 4.69) is 26.5 Å². The highest BCUT2D eigenvalue weighted by Gasteiger charge is 2.24. The first-order valence-electron chi connectivity index (χ1n) is 12.8. The van der Waals surface area contributed by atoms with Gasteiger partial charge in [-0.2, -0.15) is 0 Å². The third-order valence-electron chi connectivity index (χ3n) is 6.72. The van der Waals surface area contributed by atoms with E-state index in [0.717, 1.165) is 49.7 Å². The van der Waals surface area contributed by atoms with Crippen molar-refractivity contribution >= 4 is 28.9 Å². The molecule has 0 radical (unpaired) electrons. The maximum absolute atomic E-state index is 13.2. The minimum Gasteiger partial charge on any atom is -0.495 e. The second-order valence-corrected chi connectivity index (χ2v) is 9.16. The zero-order valence-corrected chi connectivity index (χ0v) is 21.7. The molecule has 2 heterocycles. The summed E-state index contributed by atoms with van der Waals surface area (Å²) in [6, 6.07) is 18.6. The van der Waals surface area contributed by atoms with Gasteiger partial charge < -0.3 is 34.6 Å². The molecule has 1 fully saturated rings. The van der Waals surface area contributed by atoms with Gasteiger partial charge in [0.2, 0.25) is 6.79 Å². The number of anilines is 3. The average Bonchev–Trinajstić information content (AvgIpc) is 3.44. The predicted octanol–water partition coefficient (Wildman–Crippen LogP) is 4.14. The number of carbonyl (C=O) groups is 2. The molecule has 2 N–H and O–H groups in total. The molecular formula is C29H32N4O5. The van der Waals surface area contributed by atoms with Crippen LogP contribution < -0.4 is 34.6 Å². The molecule has 2 aliphatic rings. The van der Waals surface area contributed by atoms with E-state index in [-0.39, 0.29) is 18.6 Å². The summed E-state index contributed by atoms with van der Waals surface area (Å²) < 4.78 is 16.3. The number of carbonyl (C=O) groups excluding carboxylic acids is 2. The number of methoxy groups -OCH3 is 1. The zero-order valence-electron chi connectivity index (χ0n) is 21.7. The standard InChI is InChI=1S/C29H32N4O5/c1-3-12-30-29(35)22-18-21(31-28(34)20-8-11-26-27(17-20)38-19-37-26)9-10-23(22)32-13-15-33(16-14-32)24-6-4-5-7-25(24)36-2/h4-11,17-18H,3,12-16,19H2,1-2H3,(H,30,35)(H,31,34). The van der Waals surface area contributed by atoms with Crippen LogP contribution in [0.1, 0.15) is 34.1 Å². The highest BCUT2D eigenvalue weighted by Crippen LogP contribution is 2.33. The summed E-state index contributed by atoms with van der Waals surface area (Å²) in [5, 5.41) is 5.90. The Bertz CT molecular complexity index is 1320. The molecule has 0 aliphatic carbocycles. The predicted molar refractivity (Wildman–Crippen MR) is 147 cm³/mol. The van der Waals surface area contributed by atoms with E-state index in [1.165, 1.54) is 0 Å². The highest BCUT2D eigenvalue weighted by molar-refractivity contribution is 6.06. The molecule has 2 amide bonds. The van der Waals surface area contributed by atoms with E-state index in [4.69, 9.17) is 14.2 Å². The number of hydrogen-bond donors (Lipinski definition) is 2. The third kappa shape index (κ3) is 5.32. The molecule has 3 aromatic carbocycles. The van der Waals surface area contributed by atoms with Gasteiger partial charge in [-0.25, -0.2) is 0 Å². The van der Waals surface area contributed by atoms with Gasteiger partial charge in [0.15, 0.2) is 11.5 Å². The molecule has 9 nitrogen and oxygen atoms in total. The summed E-state index contributed by atoms with van der Waals surface area (Å²) >= 11 is 0. The van der Waals surface area contributed by atoms with Crippen LogP contribution in [0.25, 0.3) is 0 Å². The SMILES string of the molecule is CCCNC(=O)c1cc(NC(=O)c2ccc3c(c2)OCO3)ccc1N1CCN(c2ccccc2OC)CC1. The average molecular weight is 517 g/mol. The number of nitrogens with one attached hydrogen (secondary N) is 2. The fourth-order valence-corrected chi connectivity index (χ4v) is 4.73. The van der Waals surface area contributed by atoms with Crippen LogP contribution in [0.15, 0.2) is 60.7 Å². The Balaban J connectivity index is 1.34. The van der Waals surface area contributed by atoms with Crippen LogP contribution in [-0.4, -0.2) is 58.4 Å². The van der Waals surface area contributed by atoms with Crippen LogP contribution in [0, 0.1) is 0 Å². The van der Waals surface area contributed by atoms with Crippen LogP contribution in [0.5, 0.6) is 17.2 Å². The summed E-state index contributed by atoms with van der Waals surface area (Å²) in [4.78, 5) is 30.6. The summed E-state index contributed by atoms with van der Waals surface area (Å²) in [6.07, 6.45) is 0.833. The number of nitrogens with zero attached hydrogens (tertiary/aromatic N) is 2. The number of para-hydroxylation sites is 2. The molecule has 0 unspecified atom stereocenters. The summed E-state index contributed by atoms with van der Waals surface area (Å²) in [6.45, 7) is 5.81. The van der Waals surface area contributed by atoms with Gasteiger partial charge in [-0.3, -0.25) is 9.59 Å². The lowest BCUT2D eigenvalue weighted by atomic mass is 10.1.